The van der Waals surface area contributed by atoms with E-state index in [0.29, 0.717) is 25.4 Å². The predicted octanol–water partition coefficient (Wildman–Crippen LogP) is 7.13. The monoisotopic (exact) mass is 654 g/mol. The highest BCUT2D eigenvalue weighted by Gasteiger charge is 2.34. The van der Waals surface area contributed by atoms with Gasteiger partial charge in [0.2, 0.25) is 0 Å². The van der Waals surface area contributed by atoms with Gasteiger partial charge in [-0.1, -0.05) is 56.0 Å². The molecule has 9 nitrogen and oxygen atoms in total. The Balaban J connectivity index is 1.33. The van der Waals surface area contributed by atoms with Crippen molar-refractivity contribution in [1.82, 2.24) is 24.8 Å². The zero-order valence-corrected chi connectivity index (χ0v) is 28.5. The highest BCUT2D eigenvalue weighted by Crippen LogP contribution is 2.39. The number of hydrogen-bond acceptors (Lipinski definition) is 7. The lowest BCUT2D eigenvalue weighted by atomic mass is 9.89. The molecule has 3 aromatic heterocycles. The number of benzene rings is 2. The van der Waals surface area contributed by atoms with Gasteiger partial charge in [-0.2, -0.15) is 8.42 Å². The van der Waals surface area contributed by atoms with Gasteiger partial charge in [-0.15, -0.1) is 0 Å². The third kappa shape index (κ3) is 7.72. The molecule has 46 heavy (non-hydrogen) atoms. The minimum Gasteiger partial charge on any atom is -0.380 e. The number of ether oxygens (including phenoxy) is 1. The molecular formula is C35H42N6O3SSi. The number of nitrogens with zero attached hydrogens (tertiary/aromatic N) is 4. The van der Waals surface area contributed by atoms with Crippen LogP contribution in [0.3, 0.4) is 0 Å². The molecule has 11 heteroatoms. The van der Waals surface area contributed by atoms with Crippen LogP contribution in [-0.2, 0) is 27.7 Å². The average molecular weight is 655 g/mol. The van der Waals surface area contributed by atoms with E-state index in [1.807, 2.05) is 54.7 Å². The van der Waals surface area contributed by atoms with Gasteiger partial charge in [0.25, 0.3) is 10.0 Å². The Morgan fingerprint density at radius 1 is 0.978 bits per heavy atom. The van der Waals surface area contributed by atoms with E-state index in [1.54, 1.807) is 12.1 Å². The lowest BCUT2D eigenvalue weighted by Crippen LogP contribution is -2.38. The lowest BCUT2D eigenvalue weighted by molar-refractivity contribution is 0.0257. The Hall–Kier alpha value is -3.90. The second kappa shape index (κ2) is 13.8. The minimum atomic E-state index is -3.79. The van der Waals surface area contributed by atoms with Crippen LogP contribution in [-0.4, -0.2) is 54.5 Å². The molecule has 0 saturated carbocycles. The lowest BCUT2D eigenvalue weighted by Gasteiger charge is -2.39. The number of fused-ring (bicyclic) bond motifs is 2. The molecule has 6 rings (SSSR count). The van der Waals surface area contributed by atoms with Crippen LogP contribution in [0.2, 0.25) is 25.7 Å². The first-order valence-corrected chi connectivity index (χ1v) is 21.1. The highest BCUT2D eigenvalue weighted by molar-refractivity contribution is 7.92. The van der Waals surface area contributed by atoms with Gasteiger partial charge in [-0.05, 0) is 78.9 Å². The van der Waals surface area contributed by atoms with Crippen molar-refractivity contribution in [3.05, 3.63) is 114 Å². The van der Waals surface area contributed by atoms with Crippen LogP contribution >= 0.6 is 0 Å². The summed E-state index contributed by atoms with van der Waals surface area (Å²) in [6, 6.07) is 25.7. The van der Waals surface area contributed by atoms with E-state index in [-0.39, 0.29) is 17.1 Å². The van der Waals surface area contributed by atoms with Crippen molar-refractivity contribution in [2.75, 3.05) is 17.9 Å². The van der Waals surface area contributed by atoms with Gasteiger partial charge < -0.3 is 9.72 Å². The summed E-state index contributed by atoms with van der Waals surface area (Å²) in [5.41, 5.74) is 5.84. The van der Waals surface area contributed by atoms with Crippen molar-refractivity contribution in [3.8, 4) is 0 Å². The summed E-state index contributed by atoms with van der Waals surface area (Å²) < 4.78 is 34.9. The van der Waals surface area contributed by atoms with E-state index in [2.05, 4.69) is 51.4 Å². The number of imidazole rings is 1. The number of aryl methyl sites for hydroxylation is 1. The van der Waals surface area contributed by atoms with E-state index in [1.165, 1.54) is 17.8 Å². The SMILES string of the molecule is C[Si](C)(C)CCOCC(c1nc2ccccc2[nH]1)N(Cc1ccc(NS(=O)(=O)c2ccccn2)cc1)C1CCCc2cccnc21. The first-order chi connectivity index (χ1) is 22.2. The molecule has 1 aliphatic carbocycles. The largest absolute Gasteiger partial charge is 0.380 e. The molecule has 2 aromatic carbocycles. The third-order valence-corrected chi connectivity index (χ3v) is 11.4. The van der Waals surface area contributed by atoms with Gasteiger partial charge in [0, 0.05) is 39.3 Å². The summed E-state index contributed by atoms with van der Waals surface area (Å²) in [6.07, 6.45) is 6.41. The molecule has 5 aromatic rings. The summed E-state index contributed by atoms with van der Waals surface area (Å²) >= 11 is 0. The fourth-order valence-corrected chi connectivity index (χ4v) is 7.75. The maximum absolute atomic E-state index is 12.9. The molecule has 0 aliphatic heterocycles. The Labute approximate surface area is 272 Å². The number of para-hydroxylation sites is 2. The van der Waals surface area contributed by atoms with Crippen molar-refractivity contribution in [2.45, 2.75) is 68.6 Å². The average Bonchev–Trinajstić information content (AvgIpc) is 3.48. The number of hydrogen-bond donors (Lipinski definition) is 2. The topological polar surface area (TPSA) is 113 Å². The molecule has 0 fully saturated rings. The summed E-state index contributed by atoms with van der Waals surface area (Å²) in [4.78, 5) is 20.1. The molecule has 0 amide bonds. The molecular weight excluding hydrogens is 613 g/mol. The Bertz CT molecular complexity index is 1830. The number of aromatic nitrogens is 4. The molecule has 3 heterocycles. The van der Waals surface area contributed by atoms with E-state index in [9.17, 15) is 8.42 Å². The van der Waals surface area contributed by atoms with Gasteiger partial charge in [0.05, 0.1) is 35.4 Å². The van der Waals surface area contributed by atoms with Gasteiger partial charge in [-0.25, -0.2) is 9.97 Å². The second-order valence-corrected chi connectivity index (χ2v) is 20.4. The van der Waals surface area contributed by atoms with Crippen LogP contribution in [0.5, 0.6) is 0 Å². The zero-order chi connectivity index (χ0) is 32.1. The van der Waals surface area contributed by atoms with Crippen molar-refractivity contribution < 1.29 is 13.2 Å². The van der Waals surface area contributed by atoms with Gasteiger partial charge in [0.15, 0.2) is 5.03 Å². The fraction of sp³-hybridized carbons (Fsp3) is 0.343. The molecule has 0 bridgehead atoms. The Kier molecular flexibility index (Phi) is 9.64. The summed E-state index contributed by atoms with van der Waals surface area (Å²) in [6.45, 7) is 8.90. The number of nitrogens with one attached hydrogen (secondary N) is 2. The normalized spacial score (nSPS) is 16.0. The van der Waals surface area contributed by atoms with Crippen molar-refractivity contribution >= 4 is 34.8 Å². The van der Waals surface area contributed by atoms with Crippen molar-refractivity contribution in [2.24, 2.45) is 0 Å². The first kappa shape index (κ1) is 32.1. The Morgan fingerprint density at radius 2 is 1.76 bits per heavy atom. The summed E-state index contributed by atoms with van der Waals surface area (Å²) in [5, 5.41) is -0.0171. The number of aromatic amines is 1. The van der Waals surface area contributed by atoms with Gasteiger partial charge >= 0.3 is 0 Å². The maximum Gasteiger partial charge on any atom is 0.279 e. The standard InChI is InChI=1S/C35H42N6O3SSi/c1-46(2,3)23-22-44-25-32(35-38-29-12-4-5-13-30(29)39-35)41(31-14-8-10-27-11-9-21-37-34(27)31)24-26-16-18-28(19-17-26)40-45(42,43)33-15-6-7-20-36-33/h4-7,9,11-13,15-21,31-32,40H,8,10,14,22-25H2,1-3H3,(H,38,39). The molecule has 240 valence electrons. The van der Waals surface area contributed by atoms with E-state index in [0.717, 1.165) is 53.4 Å². The Morgan fingerprint density at radius 3 is 2.52 bits per heavy atom. The summed E-state index contributed by atoms with van der Waals surface area (Å²) in [7, 11) is -5.06. The predicted molar refractivity (Wildman–Crippen MR) is 185 cm³/mol. The quantitative estimate of drug-likeness (QED) is 0.103. The van der Waals surface area contributed by atoms with Gasteiger partial charge in [-0.3, -0.25) is 14.6 Å². The van der Waals surface area contributed by atoms with E-state index in [4.69, 9.17) is 14.7 Å². The minimum absolute atomic E-state index is 0.0171. The molecule has 0 radical (unpaired) electrons. The van der Waals surface area contributed by atoms with Crippen LogP contribution in [0, 0.1) is 0 Å². The molecule has 2 N–H and O–H groups in total. The van der Waals surface area contributed by atoms with E-state index < -0.39 is 18.1 Å². The fourth-order valence-electron chi connectivity index (χ4n) is 5.98. The number of H-pyrrole nitrogens is 1. The number of rotatable bonds is 13. The molecule has 2 atom stereocenters. The molecule has 0 spiro atoms. The van der Waals surface area contributed by atoms with Crippen molar-refractivity contribution in [3.63, 3.8) is 0 Å². The van der Waals surface area contributed by atoms with Crippen LogP contribution in [0.4, 0.5) is 5.69 Å². The van der Waals surface area contributed by atoms with Crippen LogP contribution in [0.1, 0.15) is 47.6 Å². The number of anilines is 1. The van der Waals surface area contributed by atoms with Gasteiger partial charge in [0.1, 0.15) is 5.82 Å². The maximum atomic E-state index is 12.9. The molecule has 0 saturated heterocycles. The smallest absolute Gasteiger partial charge is 0.279 e. The molecule has 2 unspecified atom stereocenters. The van der Waals surface area contributed by atoms with Crippen LogP contribution in [0.25, 0.3) is 11.0 Å². The highest BCUT2D eigenvalue weighted by atomic mass is 32.2. The summed E-state index contributed by atoms with van der Waals surface area (Å²) in [5.74, 6) is 0.872. The zero-order valence-electron chi connectivity index (χ0n) is 26.7. The van der Waals surface area contributed by atoms with Crippen molar-refractivity contribution in [1.29, 1.82) is 0 Å². The number of pyridine rings is 2. The van der Waals surface area contributed by atoms with E-state index >= 15 is 0 Å². The van der Waals surface area contributed by atoms with Crippen LogP contribution in [0.15, 0.2) is 96.3 Å². The number of sulfonamides is 1. The second-order valence-electron chi connectivity index (χ2n) is 13.1. The van der Waals surface area contributed by atoms with Crippen LogP contribution < -0.4 is 4.72 Å². The molecule has 1 aliphatic rings. The first-order valence-electron chi connectivity index (χ1n) is 15.9. The third-order valence-electron chi connectivity index (χ3n) is 8.45.